The van der Waals surface area contributed by atoms with Crippen LogP contribution in [-0.4, -0.2) is 18.7 Å². The summed E-state index contributed by atoms with van der Waals surface area (Å²) in [5.74, 6) is 0.437. The van der Waals surface area contributed by atoms with Crippen molar-refractivity contribution in [3.05, 3.63) is 29.6 Å². The highest BCUT2D eigenvalue weighted by molar-refractivity contribution is 5.28. The minimum Gasteiger partial charge on any atom is -0.489 e. The van der Waals surface area contributed by atoms with Crippen molar-refractivity contribution in [1.29, 1.82) is 0 Å². The first-order chi connectivity index (χ1) is 8.69. The molecule has 0 radical (unpaired) electrons. The molecule has 1 aliphatic carbocycles. The fraction of sp³-hybridized carbons (Fsp3) is 0.600. The average molecular weight is 251 g/mol. The van der Waals surface area contributed by atoms with E-state index in [1.165, 1.54) is 18.9 Å². The van der Waals surface area contributed by atoms with Crippen LogP contribution in [0.4, 0.5) is 4.39 Å². The first kappa shape index (κ1) is 13.3. The van der Waals surface area contributed by atoms with Gasteiger partial charge in [0.1, 0.15) is 17.7 Å². The van der Waals surface area contributed by atoms with E-state index in [1.54, 1.807) is 13.0 Å². The van der Waals surface area contributed by atoms with E-state index in [9.17, 15) is 4.39 Å². The summed E-state index contributed by atoms with van der Waals surface area (Å²) in [5, 5.41) is 3.47. The molecule has 0 aliphatic heterocycles. The van der Waals surface area contributed by atoms with Gasteiger partial charge in [0.2, 0.25) is 0 Å². The maximum Gasteiger partial charge on any atom is 0.129 e. The van der Waals surface area contributed by atoms with Crippen molar-refractivity contribution in [1.82, 2.24) is 5.32 Å². The Balaban J connectivity index is 1.90. The van der Waals surface area contributed by atoms with Crippen LogP contribution in [-0.2, 0) is 0 Å². The van der Waals surface area contributed by atoms with Crippen molar-refractivity contribution in [3.63, 3.8) is 0 Å². The molecule has 1 unspecified atom stereocenters. The maximum absolute atomic E-state index is 13.4. The van der Waals surface area contributed by atoms with Crippen LogP contribution in [0.15, 0.2) is 18.2 Å². The van der Waals surface area contributed by atoms with Crippen LogP contribution in [0.25, 0.3) is 0 Å². The third-order valence-electron chi connectivity index (χ3n) is 3.27. The summed E-state index contributed by atoms with van der Waals surface area (Å²) >= 11 is 0. The Bertz CT molecular complexity index is 390. The van der Waals surface area contributed by atoms with Crippen molar-refractivity contribution >= 4 is 0 Å². The molecule has 3 heteroatoms. The predicted molar refractivity (Wildman–Crippen MR) is 71.5 cm³/mol. The van der Waals surface area contributed by atoms with E-state index in [-0.39, 0.29) is 11.9 Å². The van der Waals surface area contributed by atoms with E-state index >= 15 is 0 Å². The van der Waals surface area contributed by atoms with Gasteiger partial charge >= 0.3 is 0 Å². The summed E-state index contributed by atoms with van der Waals surface area (Å²) in [7, 11) is 0. The Labute approximate surface area is 109 Å². The largest absolute Gasteiger partial charge is 0.489 e. The minimum atomic E-state index is -0.196. The highest BCUT2D eigenvalue weighted by Crippen LogP contribution is 2.21. The van der Waals surface area contributed by atoms with Gasteiger partial charge in [-0.15, -0.1) is 0 Å². The van der Waals surface area contributed by atoms with Crippen molar-refractivity contribution < 1.29 is 9.13 Å². The SMILES string of the molecule is CCCC(CNC1CC1)Oc1ccc(C)c(F)c1. The summed E-state index contributed by atoms with van der Waals surface area (Å²) in [6.07, 6.45) is 4.76. The minimum absolute atomic E-state index is 0.137. The number of benzene rings is 1. The standard InChI is InChI=1S/C15H22FNO/c1-3-4-14(10-17-12-6-7-12)18-13-8-5-11(2)15(16)9-13/h5,8-9,12,14,17H,3-4,6-7,10H2,1-2H3. The van der Waals surface area contributed by atoms with Gasteiger partial charge < -0.3 is 10.1 Å². The van der Waals surface area contributed by atoms with Crippen LogP contribution < -0.4 is 10.1 Å². The molecule has 1 aromatic rings. The lowest BCUT2D eigenvalue weighted by molar-refractivity contribution is 0.185. The van der Waals surface area contributed by atoms with Gasteiger partial charge in [-0.05, 0) is 37.8 Å². The number of ether oxygens (including phenoxy) is 1. The molecule has 1 saturated carbocycles. The van der Waals surface area contributed by atoms with Gasteiger partial charge in [-0.1, -0.05) is 19.4 Å². The second kappa shape index (κ2) is 6.19. The Morgan fingerprint density at radius 3 is 2.83 bits per heavy atom. The average Bonchev–Trinajstić information content (AvgIpc) is 3.15. The fourth-order valence-electron chi connectivity index (χ4n) is 1.95. The summed E-state index contributed by atoms with van der Waals surface area (Å²) < 4.78 is 19.3. The number of rotatable bonds is 7. The molecule has 1 N–H and O–H groups in total. The molecule has 100 valence electrons. The zero-order chi connectivity index (χ0) is 13.0. The molecule has 0 spiro atoms. The first-order valence-corrected chi connectivity index (χ1v) is 6.85. The van der Waals surface area contributed by atoms with Crippen molar-refractivity contribution in [3.8, 4) is 5.75 Å². The number of hydrogen-bond acceptors (Lipinski definition) is 2. The number of nitrogens with one attached hydrogen (secondary N) is 1. The van der Waals surface area contributed by atoms with E-state index < -0.39 is 0 Å². The lowest BCUT2D eigenvalue weighted by Crippen LogP contribution is -2.32. The summed E-state index contributed by atoms with van der Waals surface area (Å²) in [6.45, 7) is 4.76. The van der Waals surface area contributed by atoms with E-state index in [1.807, 2.05) is 6.07 Å². The zero-order valence-corrected chi connectivity index (χ0v) is 11.2. The zero-order valence-electron chi connectivity index (χ0n) is 11.2. The maximum atomic E-state index is 13.4. The quantitative estimate of drug-likeness (QED) is 0.801. The van der Waals surface area contributed by atoms with Crippen LogP contribution >= 0.6 is 0 Å². The molecule has 1 aromatic carbocycles. The number of hydrogen-bond donors (Lipinski definition) is 1. The predicted octanol–water partition coefficient (Wildman–Crippen LogP) is 3.43. The van der Waals surface area contributed by atoms with Gasteiger partial charge in [-0.25, -0.2) is 4.39 Å². The van der Waals surface area contributed by atoms with Crippen molar-refractivity contribution in [2.24, 2.45) is 0 Å². The Kier molecular flexibility index (Phi) is 4.59. The second-order valence-electron chi connectivity index (χ2n) is 5.12. The topological polar surface area (TPSA) is 21.3 Å². The molecule has 18 heavy (non-hydrogen) atoms. The van der Waals surface area contributed by atoms with Gasteiger partial charge in [0, 0.05) is 18.7 Å². The molecule has 0 aromatic heterocycles. The summed E-state index contributed by atoms with van der Waals surface area (Å²) in [6, 6.07) is 5.78. The first-order valence-electron chi connectivity index (χ1n) is 6.85. The number of halogens is 1. The molecule has 2 nitrogen and oxygen atoms in total. The molecule has 1 fully saturated rings. The van der Waals surface area contributed by atoms with Gasteiger partial charge in [0.25, 0.3) is 0 Å². The molecular formula is C15H22FNO. The van der Waals surface area contributed by atoms with Gasteiger partial charge in [0.15, 0.2) is 0 Å². The molecule has 1 atom stereocenters. The smallest absolute Gasteiger partial charge is 0.129 e. The Hall–Kier alpha value is -1.09. The molecule has 1 aliphatic rings. The van der Waals surface area contributed by atoms with Gasteiger partial charge in [-0.2, -0.15) is 0 Å². The van der Waals surface area contributed by atoms with Crippen molar-refractivity contribution in [2.45, 2.75) is 51.7 Å². The van der Waals surface area contributed by atoms with E-state index in [2.05, 4.69) is 12.2 Å². The lowest BCUT2D eigenvalue weighted by atomic mass is 10.2. The summed E-state index contributed by atoms with van der Waals surface area (Å²) in [4.78, 5) is 0. The molecule has 0 heterocycles. The molecule has 0 saturated heterocycles. The molecular weight excluding hydrogens is 229 g/mol. The van der Waals surface area contributed by atoms with Crippen LogP contribution in [0.3, 0.4) is 0 Å². The van der Waals surface area contributed by atoms with E-state index in [4.69, 9.17) is 4.74 Å². The summed E-state index contributed by atoms with van der Waals surface area (Å²) in [5.41, 5.74) is 0.658. The fourth-order valence-corrected chi connectivity index (χ4v) is 1.95. The number of aryl methyl sites for hydroxylation is 1. The van der Waals surface area contributed by atoms with Crippen molar-refractivity contribution in [2.75, 3.05) is 6.54 Å². The van der Waals surface area contributed by atoms with Crippen LogP contribution in [0.2, 0.25) is 0 Å². The highest BCUT2D eigenvalue weighted by Gasteiger charge is 2.22. The van der Waals surface area contributed by atoms with Gasteiger partial charge in [0.05, 0.1) is 0 Å². The van der Waals surface area contributed by atoms with Crippen LogP contribution in [0.5, 0.6) is 5.75 Å². The molecule has 0 bridgehead atoms. The van der Waals surface area contributed by atoms with Crippen LogP contribution in [0, 0.1) is 12.7 Å². The van der Waals surface area contributed by atoms with E-state index in [0.29, 0.717) is 17.4 Å². The third kappa shape index (κ3) is 3.98. The Morgan fingerprint density at radius 1 is 1.44 bits per heavy atom. The van der Waals surface area contributed by atoms with Gasteiger partial charge in [-0.3, -0.25) is 0 Å². The normalized spacial score (nSPS) is 16.6. The highest BCUT2D eigenvalue weighted by atomic mass is 19.1. The third-order valence-corrected chi connectivity index (χ3v) is 3.27. The molecule has 0 amide bonds. The Morgan fingerprint density at radius 2 is 2.22 bits per heavy atom. The van der Waals surface area contributed by atoms with E-state index in [0.717, 1.165) is 19.4 Å². The molecule has 2 rings (SSSR count). The second-order valence-corrected chi connectivity index (χ2v) is 5.12. The monoisotopic (exact) mass is 251 g/mol. The van der Waals surface area contributed by atoms with Crippen LogP contribution in [0.1, 0.15) is 38.2 Å². The lowest BCUT2D eigenvalue weighted by Gasteiger charge is -2.19.